The average Bonchev–Trinajstić information content (AvgIpc) is 3.32. The summed E-state index contributed by atoms with van der Waals surface area (Å²) < 4.78 is 9.99. The zero-order chi connectivity index (χ0) is 24.8. The molecule has 1 heterocycles. The van der Waals surface area contributed by atoms with E-state index in [1.807, 2.05) is 55.5 Å². The molecule has 0 fully saturated rings. The molecule has 2 atom stereocenters. The predicted octanol–water partition coefficient (Wildman–Crippen LogP) is 4.70. The van der Waals surface area contributed by atoms with Crippen molar-refractivity contribution < 1.29 is 19.1 Å². The van der Waals surface area contributed by atoms with Gasteiger partial charge in [-0.25, -0.2) is 14.6 Å². The molecular weight excluding hydrogens is 444 g/mol. The topological polar surface area (TPSA) is 105 Å². The Morgan fingerprint density at radius 2 is 1.66 bits per heavy atom. The molecule has 0 bridgehead atoms. The van der Waals surface area contributed by atoms with Crippen LogP contribution < -0.4 is 15.4 Å². The average molecular weight is 473 g/mol. The molecule has 3 aromatic carbocycles. The number of amides is 2. The number of nitrogens with zero attached hydrogens (tertiary/aromatic N) is 1. The molecule has 35 heavy (non-hydrogen) atoms. The number of methoxy groups -OCH3 is 2. The molecule has 0 saturated carbocycles. The lowest BCUT2D eigenvalue weighted by Crippen LogP contribution is -2.40. The number of rotatable bonds is 8. The van der Waals surface area contributed by atoms with E-state index in [4.69, 9.17) is 14.5 Å². The maximum Gasteiger partial charge on any atom is 0.337 e. The Kier molecular flexibility index (Phi) is 7.30. The van der Waals surface area contributed by atoms with Crippen LogP contribution in [0.2, 0.25) is 0 Å². The predicted molar refractivity (Wildman–Crippen MR) is 133 cm³/mol. The van der Waals surface area contributed by atoms with Gasteiger partial charge in [-0.15, -0.1) is 0 Å². The Balaban J connectivity index is 1.50. The van der Waals surface area contributed by atoms with Crippen LogP contribution in [-0.2, 0) is 11.2 Å². The Hall–Kier alpha value is -4.33. The number of ether oxygens (including phenoxy) is 2. The molecule has 4 aromatic rings. The third kappa shape index (κ3) is 5.78. The number of imidazole rings is 1. The molecule has 4 rings (SSSR count). The third-order valence-electron chi connectivity index (χ3n) is 5.82. The van der Waals surface area contributed by atoms with Gasteiger partial charge in [-0.3, -0.25) is 0 Å². The van der Waals surface area contributed by atoms with Crippen LogP contribution >= 0.6 is 0 Å². The fourth-order valence-electron chi connectivity index (χ4n) is 3.86. The summed E-state index contributed by atoms with van der Waals surface area (Å²) in [4.78, 5) is 32.7. The van der Waals surface area contributed by atoms with Gasteiger partial charge in [-0.1, -0.05) is 36.4 Å². The Morgan fingerprint density at radius 1 is 0.943 bits per heavy atom. The van der Waals surface area contributed by atoms with Gasteiger partial charge in [0.1, 0.15) is 11.6 Å². The Bertz CT molecular complexity index is 1270. The quantitative estimate of drug-likeness (QED) is 0.322. The zero-order valence-electron chi connectivity index (χ0n) is 19.9. The van der Waals surface area contributed by atoms with Gasteiger partial charge in [0.2, 0.25) is 0 Å². The minimum absolute atomic E-state index is 0.279. The van der Waals surface area contributed by atoms with Crippen LogP contribution in [-0.4, -0.2) is 36.2 Å². The molecule has 0 spiro atoms. The number of H-pyrrole nitrogens is 1. The lowest BCUT2D eigenvalue weighted by molar-refractivity contribution is 0.0600. The summed E-state index contributed by atoms with van der Waals surface area (Å²) in [5.74, 6) is 1.04. The van der Waals surface area contributed by atoms with Gasteiger partial charge in [0.05, 0.1) is 42.9 Å². The first-order chi connectivity index (χ1) is 17.0. The molecular formula is C27H28N4O4. The normalized spacial score (nSPS) is 12.5. The fraction of sp³-hybridized carbons (Fsp3) is 0.222. The van der Waals surface area contributed by atoms with E-state index in [1.165, 1.54) is 7.11 Å². The number of para-hydroxylation sites is 2. The minimum Gasteiger partial charge on any atom is -0.497 e. The number of carbonyl (C=O) groups excluding carboxylic acids is 2. The summed E-state index contributed by atoms with van der Waals surface area (Å²) >= 11 is 0. The highest BCUT2D eigenvalue weighted by Crippen LogP contribution is 2.22. The minimum atomic E-state index is -0.401. The van der Waals surface area contributed by atoms with Crippen molar-refractivity contribution in [3.8, 4) is 5.75 Å². The largest absolute Gasteiger partial charge is 0.497 e. The van der Waals surface area contributed by atoms with Crippen LogP contribution in [0.15, 0.2) is 72.8 Å². The maximum atomic E-state index is 13.0. The van der Waals surface area contributed by atoms with E-state index in [2.05, 4.69) is 15.6 Å². The summed E-state index contributed by atoms with van der Waals surface area (Å²) in [7, 11) is 2.97. The highest BCUT2D eigenvalue weighted by Gasteiger charge is 2.20. The van der Waals surface area contributed by atoms with Crippen molar-refractivity contribution in [2.45, 2.75) is 25.4 Å². The van der Waals surface area contributed by atoms with Crippen LogP contribution in [0.4, 0.5) is 4.79 Å². The monoisotopic (exact) mass is 472 g/mol. The number of carbonyl (C=O) groups is 2. The molecule has 0 aliphatic rings. The summed E-state index contributed by atoms with van der Waals surface area (Å²) in [5, 5.41) is 6.03. The van der Waals surface area contributed by atoms with Gasteiger partial charge in [0, 0.05) is 0 Å². The number of fused-ring (bicyclic) bond motifs is 1. The van der Waals surface area contributed by atoms with E-state index >= 15 is 0 Å². The second-order valence-corrected chi connectivity index (χ2v) is 8.20. The van der Waals surface area contributed by atoms with Crippen molar-refractivity contribution in [3.05, 3.63) is 95.3 Å². The van der Waals surface area contributed by atoms with Crippen molar-refractivity contribution in [2.75, 3.05) is 14.2 Å². The van der Waals surface area contributed by atoms with Crippen molar-refractivity contribution in [3.63, 3.8) is 0 Å². The Morgan fingerprint density at radius 3 is 2.31 bits per heavy atom. The van der Waals surface area contributed by atoms with Gasteiger partial charge in [0.15, 0.2) is 0 Å². The number of aromatic nitrogens is 2. The van der Waals surface area contributed by atoms with Crippen molar-refractivity contribution in [1.82, 2.24) is 20.6 Å². The van der Waals surface area contributed by atoms with E-state index in [0.29, 0.717) is 17.8 Å². The van der Waals surface area contributed by atoms with Gasteiger partial charge in [0.25, 0.3) is 0 Å². The molecule has 3 N–H and O–H groups in total. The first-order valence-corrected chi connectivity index (χ1v) is 11.3. The first-order valence-electron chi connectivity index (χ1n) is 11.3. The Labute approximate surface area is 203 Å². The van der Waals surface area contributed by atoms with Crippen LogP contribution in [0.5, 0.6) is 5.75 Å². The smallest absolute Gasteiger partial charge is 0.337 e. The molecule has 180 valence electrons. The lowest BCUT2D eigenvalue weighted by Gasteiger charge is -2.20. The van der Waals surface area contributed by atoms with E-state index < -0.39 is 5.97 Å². The molecule has 8 nitrogen and oxygen atoms in total. The molecule has 1 aromatic heterocycles. The van der Waals surface area contributed by atoms with Crippen LogP contribution in [0.1, 0.15) is 46.3 Å². The number of benzene rings is 3. The second kappa shape index (κ2) is 10.7. The summed E-state index contributed by atoms with van der Waals surface area (Å²) in [6.45, 7) is 1.88. The van der Waals surface area contributed by atoms with Gasteiger partial charge in [-0.2, -0.15) is 0 Å². The highest BCUT2D eigenvalue weighted by atomic mass is 16.5. The number of hydrogen-bond acceptors (Lipinski definition) is 5. The van der Waals surface area contributed by atoms with E-state index in [1.54, 1.807) is 31.4 Å². The van der Waals surface area contributed by atoms with Crippen LogP contribution in [0.25, 0.3) is 11.0 Å². The SMILES string of the molecule is COC(=O)c1ccc([C@H](C)NC(=O)N[C@H](Cc2ccc(OC)cc2)c2nc3ccccc3[nH]2)cc1. The molecule has 0 saturated heterocycles. The lowest BCUT2D eigenvalue weighted by atomic mass is 10.0. The van der Waals surface area contributed by atoms with E-state index in [9.17, 15) is 9.59 Å². The summed E-state index contributed by atoms with van der Waals surface area (Å²) in [5.41, 5.74) is 4.09. The third-order valence-corrected chi connectivity index (χ3v) is 5.82. The van der Waals surface area contributed by atoms with Gasteiger partial charge >= 0.3 is 12.0 Å². The molecule has 2 amide bonds. The fourth-order valence-corrected chi connectivity index (χ4v) is 3.86. The van der Waals surface area contributed by atoms with E-state index in [-0.39, 0.29) is 18.1 Å². The van der Waals surface area contributed by atoms with Crippen molar-refractivity contribution in [1.29, 1.82) is 0 Å². The van der Waals surface area contributed by atoms with Crippen LogP contribution in [0, 0.1) is 0 Å². The number of nitrogens with one attached hydrogen (secondary N) is 3. The van der Waals surface area contributed by atoms with Gasteiger partial charge < -0.3 is 25.1 Å². The van der Waals surface area contributed by atoms with Crippen molar-refractivity contribution in [2.24, 2.45) is 0 Å². The zero-order valence-corrected chi connectivity index (χ0v) is 19.9. The molecule has 0 radical (unpaired) electrons. The van der Waals surface area contributed by atoms with E-state index in [0.717, 1.165) is 27.9 Å². The van der Waals surface area contributed by atoms with Crippen molar-refractivity contribution >= 4 is 23.0 Å². The van der Waals surface area contributed by atoms with Crippen LogP contribution in [0.3, 0.4) is 0 Å². The standard InChI is InChI=1S/C27H28N4O4/c1-17(19-10-12-20(13-11-19)26(32)35-3)28-27(33)31-24(16-18-8-14-21(34-2)15-9-18)25-29-22-6-4-5-7-23(22)30-25/h4-15,17,24H,16H2,1-3H3,(H,29,30)(H2,28,31,33)/t17-,24+/m0/s1. The molecule has 8 heteroatoms. The highest BCUT2D eigenvalue weighted by molar-refractivity contribution is 5.89. The number of urea groups is 1. The second-order valence-electron chi connectivity index (χ2n) is 8.20. The maximum absolute atomic E-state index is 13.0. The summed E-state index contributed by atoms with van der Waals surface area (Å²) in [6, 6.07) is 21.4. The summed E-state index contributed by atoms with van der Waals surface area (Å²) in [6.07, 6.45) is 0.541. The molecule has 0 aliphatic heterocycles. The number of hydrogen-bond donors (Lipinski definition) is 3. The number of aromatic amines is 1. The van der Waals surface area contributed by atoms with Gasteiger partial charge in [-0.05, 0) is 60.9 Å². The first kappa shape index (κ1) is 23.8. The molecule has 0 unspecified atom stereocenters. The number of esters is 1. The molecule has 0 aliphatic carbocycles.